The highest BCUT2D eigenvalue weighted by Crippen LogP contribution is 2.23. The standard InChI is InChI=1S/C27H26N4O6/c32-18(16-30-24(34)20-6-1-2-7-21(20)25(30)35)14-28-10-5-11-29(13-12-28)15-19(33)17-31-26(36)22-8-3-4-9-23(22)27(31)37/h1-4,6-9H,5,10-17H2. The SMILES string of the molecule is O=C(CN1CCCN(CC(=O)CN2C(=O)c3ccccc3C2=O)CC1)CN1C(=O)c2ccccc2C1=O. The lowest BCUT2D eigenvalue weighted by Gasteiger charge is -2.22. The molecule has 5 rings (SSSR count). The summed E-state index contributed by atoms with van der Waals surface area (Å²) >= 11 is 0. The molecular formula is C27H26N4O6. The first-order valence-corrected chi connectivity index (χ1v) is 12.2. The van der Waals surface area contributed by atoms with Crippen molar-refractivity contribution in [3.05, 3.63) is 70.8 Å². The second-order valence-electron chi connectivity index (χ2n) is 9.47. The van der Waals surface area contributed by atoms with Crippen LogP contribution in [0.25, 0.3) is 0 Å². The van der Waals surface area contributed by atoms with E-state index in [1.54, 1.807) is 48.5 Å². The van der Waals surface area contributed by atoms with Crippen molar-refractivity contribution in [2.24, 2.45) is 0 Å². The zero-order valence-corrected chi connectivity index (χ0v) is 20.2. The zero-order chi connectivity index (χ0) is 26.1. The number of benzene rings is 2. The first kappa shape index (κ1) is 24.7. The summed E-state index contributed by atoms with van der Waals surface area (Å²) in [5.74, 6) is -2.27. The molecule has 0 aliphatic carbocycles. The van der Waals surface area contributed by atoms with Crippen LogP contribution in [-0.4, -0.2) is 107 Å². The van der Waals surface area contributed by atoms with Crippen molar-refractivity contribution < 1.29 is 28.8 Å². The van der Waals surface area contributed by atoms with Gasteiger partial charge in [-0.2, -0.15) is 0 Å². The van der Waals surface area contributed by atoms with Gasteiger partial charge in [0.05, 0.1) is 48.4 Å². The Balaban J connectivity index is 1.10. The van der Waals surface area contributed by atoms with Crippen molar-refractivity contribution in [1.82, 2.24) is 19.6 Å². The Bertz CT molecular complexity index is 1150. The quantitative estimate of drug-likeness (QED) is 0.485. The van der Waals surface area contributed by atoms with E-state index in [4.69, 9.17) is 0 Å². The topological polar surface area (TPSA) is 115 Å². The molecule has 3 heterocycles. The van der Waals surface area contributed by atoms with Gasteiger partial charge in [-0.05, 0) is 43.8 Å². The first-order chi connectivity index (χ1) is 17.8. The minimum absolute atomic E-state index is 0.101. The Morgan fingerprint density at radius 1 is 0.514 bits per heavy atom. The second-order valence-corrected chi connectivity index (χ2v) is 9.47. The van der Waals surface area contributed by atoms with Crippen molar-refractivity contribution in [3.63, 3.8) is 0 Å². The van der Waals surface area contributed by atoms with Crippen LogP contribution in [0, 0.1) is 0 Å². The van der Waals surface area contributed by atoms with Crippen LogP contribution >= 0.6 is 0 Å². The molecule has 37 heavy (non-hydrogen) atoms. The third-order valence-corrected chi connectivity index (χ3v) is 6.91. The van der Waals surface area contributed by atoms with E-state index in [0.717, 1.165) is 16.2 Å². The molecule has 1 saturated heterocycles. The summed E-state index contributed by atoms with van der Waals surface area (Å²) in [6, 6.07) is 13.1. The van der Waals surface area contributed by atoms with Crippen LogP contribution in [0.4, 0.5) is 0 Å². The summed E-state index contributed by atoms with van der Waals surface area (Å²) in [4.78, 5) is 81.4. The third kappa shape index (κ3) is 4.85. The molecule has 0 atom stereocenters. The number of carbonyl (C=O) groups excluding carboxylic acids is 6. The fourth-order valence-electron chi connectivity index (χ4n) is 5.06. The van der Waals surface area contributed by atoms with Gasteiger partial charge in [-0.1, -0.05) is 24.3 Å². The molecule has 0 saturated carbocycles. The van der Waals surface area contributed by atoms with E-state index in [2.05, 4.69) is 0 Å². The molecule has 3 aliphatic rings. The van der Waals surface area contributed by atoms with Crippen molar-refractivity contribution in [2.75, 3.05) is 52.4 Å². The maximum atomic E-state index is 12.7. The Labute approximate surface area is 213 Å². The monoisotopic (exact) mass is 502 g/mol. The Kier molecular flexibility index (Phi) is 6.77. The molecule has 10 heteroatoms. The molecule has 0 unspecified atom stereocenters. The second kappa shape index (κ2) is 10.2. The number of imide groups is 2. The Morgan fingerprint density at radius 2 is 0.838 bits per heavy atom. The number of carbonyl (C=O) groups is 6. The number of rotatable bonds is 8. The molecular weight excluding hydrogens is 476 g/mol. The van der Waals surface area contributed by atoms with Crippen LogP contribution in [0.1, 0.15) is 47.9 Å². The van der Waals surface area contributed by atoms with Gasteiger partial charge in [0.25, 0.3) is 23.6 Å². The van der Waals surface area contributed by atoms with Gasteiger partial charge in [-0.3, -0.25) is 48.4 Å². The van der Waals surface area contributed by atoms with Crippen molar-refractivity contribution in [1.29, 1.82) is 0 Å². The first-order valence-electron chi connectivity index (χ1n) is 12.2. The molecule has 4 amide bonds. The largest absolute Gasteiger partial charge is 0.296 e. The third-order valence-electron chi connectivity index (χ3n) is 6.91. The summed E-state index contributed by atoms with van der Waals surface area (Å²) in [5.41, 5.74) is 1.27. The zero-order valence-electron chi connectivity index (χ0n) is 20.2. The van der Waals surface area contributed by atoms with Gasteiger partial charge in [-0.25, -0.2) is 0 Å². The highest BCUT2D eigenvalue weighted by atomic mass is 16.2. The van der Waals surface area contributed by atoms with Crippen molar-refractivity contribution in [3.8, 4) is 0 Å². The van der Waals surface area contributed by atoms with Crippen LogP contribution in [-0.2, 0) is 9.59 Å². The summed E-state index contributed by atoms with van der Waals surface area (Å²) in [7, 11) is 0. The molecule has 2 aromatic rings. The predicted octanol–water partition coefficient (Wildman–Crippen LogP) is 0.725. The van der Waals surface area contributed by atoms with Crippen LogP contribution in [0.15, 0.2) is 48.5 Å². The lowest BCUT2D eigenvalue weighted by atomic mass is 10.1. The minimum atomic E-state index is -0.451. The van der Waals surface area contributed by atoms with E-state index in [-0.39, 0.29) is 37.7 Å². The minimum Gasteiger partial charge on any atom is -0.296 e. The van der Waals surface area contributed by atoms with Crippen molar-refractivity contribution >= 4 is 35.2 Å². The molecule has 1 fully saturated rings. The van der Waals surface area contributed by atoms with Crippen molar-refractivity contribution in [2.45, 2.75) is 6.42 Å². The summed E-state index contributed by atoms with van der Waals surface area (Å²) in [6.45, 7) is 2.00. The number of Topliss-reactive ketones (excluding diaryl/α,β-unsaturated/α-hetero) is 2. The van der Waals surface area contributed by atoms with Crippen LogP contribution in [0.3, 0.4) is 0 Å². The van der Waals surface area contributed by atoms with E-state index in [1.807, 2.05) is 9.80 Å². The van der Waals surface area contributed by atoms with E-state index < -0.39 is 23.6 Å². The average Bonchev–Trinajstić information content (AvgIpc) is 3.14. The maximum absolute atomic E-state index is 12.7. The molecule has 0 radical (unpaired) electrons. The van der Waals surface area contributed by atoms with Gasteiger partial charge in [-0.15, -0.1) is 0 Å². The van der Waals surface area contributed by atoms with Gasteiger partial charge < -0.3 is 0 Å². The molecule has 2 aromatic carbocycles. The summed E-state index contributed by atoms with van der Waals surface area (Å²) in [6.07, 6.45) is 0.723. The molecule has 190 valence electrons. The normalized spacial score (nSPS) is 18.3. The molecule has 0 N–H and O–H groups in total. The summed E-state index contributed by atoms with van der Waals surface area (Å²) in [5, 5.41) is 0. The lowest BCUT2D eigenvalue weighted by molar-refractivity contribution is -0.121. The number of fused-ring (bicyclic) bond motifs is 2. The number of ketones is 2. The van der Waals surface area contributed by atoms with E-state index in [1.165, 1.54) is 0 Å². The molecule has 3 aliphatic heterocycles. The fraction of sp³-hybridized carbons (Fsp3) is 0.333. The Morgan fingerprint density at radius 3 is 1.16 bits per heavy atom. The van der Waals surface area contributed by atoms with Gasteiger partial charge in [0.1, 0.15) is 0 Å². The highest BCUT2D eigenvalue weighted by molar-refractivity contribution is 6.23. The number of amides is 4. The highest BCUT2D eigenvalue weighted by Gasteiger charge is 2.37. The van der Waals surface area contributed by atoms with Gasteiger partial charge >= 0.3 is 0 Å². The lowest BCUT2D eigenvalue weighted by Crippen LogP contribution is -2.42. The number of hydrogen-bond acceptors (Lipinski definition) is 8. The average molecular weight is 503 g/mol. The predicted molar refractivity (Wildman–Crippen MR) is 131 cm³/mol. The molecule has 0 spiro atoms. The van der Waals surface area contributed by atoms with E-state index in [0.29, 0.717) is 48.4 Å². The van der Waals surface area contributed by atoms with E-state index >= 15 is 0 Å². The van der Waals surface area contributed by atoms with Gasteiger partial charge in [0, 0.05) is 13.1 Å². The van der Waals surface area contributed by atoms with Gasteiger partial charge in [0.15, 0.2) is 11.6 Å². The Hall–Kier alpha value is -4.02. The van der Waals surface area contributed by atoms with E-state index in [9.17, 15) is 28.8 Å². The smallest absolute Gasteiger partial charge is 0.261 e. The van der Waals surface area contributed by atoms with Crippen LogP contribution in [0.2, 0.25) is 0 Å². The number of hydrogen-bond donors (Lipinski definition) is 0. The fourth-order valence-corrected chi connectivity index (χ4v) is 5.06. The maximum Gasteiger partial charge on any atom is 0.261 e. The van der Waals surface area contributed by atoms with Crippen LogP contribution < -0.4 is 0 Å². The molecule has 0 aromatic heterocycles. The number of nitrogens with zero attached hydrogens (tertiary/aromatic N) is 4. The molecule has 0 bridgehead atoms. The van der Waals surface area contributed by atoms with Crippen LogP contribution in [0.5, 0.6) is 0 Å². The summed E-state index contributed by atoms with van der Waals surface area (Å²) < 4.78 is 0. The van der Waals surface area contributed by atoms with Gasteiger partial charge in [0.2, 0.25) is 0 Å². The molecule has 10 nitrogen and oxygen atoms in total.